The van der Waals surface area contributed by atoms with Crippen LogP contribution < -0.4 is 20.9 Å². The summed E-state index contributed by atoms with van der Waals surface area (Å²) in [7, 11) is 0. The minimum atomic E-state index is -0.335. The Kier molecular flexibility index (Phi) is 7.02. The van der Waals surface area contributed by atoms with Gasteiger partial charge in [0.15, 0.2) is 11.7 Å². The summed E-state index contributed by atoms with van der Waals surface area (Å²) in [5.74, 6) is 0.283. The Morgan fingerprint density at radius 3 is 2.58 bits per heavy atom. The second-order valence-electron chi connectivity index (χ2n) is 4.90. The molecule has 2 aromatic rings. The third-order valence-corrected chi connectivity index (χ3v) is 3.93. The summed E-state index contributed by atoms with van der Waals surface area (Å²) in [4.78, 5) is 11.8. The average molecular weight is 408 g/mol. The molecule has 0 aliphatic heterocycles. The molecule has 2 rings (SSSR count). The van der Waals surface area contributed by atoms with E-state index in [1.807, 2.05) is 48.5 Å². The van der Waals surface area contributed by atoms with Crippen LogP contribution in [0.5, 0.6) is 5.75 Å². The maximum Gasteiger partial charge on any atom is 0.276 e. The van der Waals surface area contributed by atoms with E-state index in [9.17, 15) is 4.79 Å². The van der Waals surface area contributed by atoms with Gasteiger partial charge in [0.2, 0.25) is 0 Å². The van der Waals surface area contributed by atoms with E-state index in [0.29, 0.717) is 10.9 Å². The Labute approximate surface area is 154 Å². The maximum atomic E-state index is 11.8. The van der Waals surface area contributed by atoms with Gasteiger partial charge in [-0.25, -0.2) is 0 Å². The van der Waals surface area contributed by atoms with Gasteiger partial charge in [-0.1, -0.05) is 31.2 Å². The minimum absolute atomic E-state index is 0.120. The molecule has 0 unspecified atom stereocenters. The van der Waals surface area contributed by atoms with E-state index in [2.05, 4.69) is 39.0 Å². The van der Waals surface area contributed by atoms with Crippen LogP contribution in [0.1, 0.15) is 12.5 Å². The van der Waals surface area contributed by atoms with E-state index >= 15 is 0 Å². The third kappa shape index (κ3) is 5.82. The zero-order valence-corrected chi connectivity index (χ0v) is 15.5. The molecule has 5 nitrogen and oxygen atoms in total. The number of thiocarbonyl (C=S) groups is 1. The summed E-state index contributed by atoms with van der Waals surface area (Å²) in [5.41, 5.74) is 7.14. The molecule has 0 radical (unpaired) electrons. The van der Waals surface area contributed by atoms with Crippen LogP contribution in [0.25, 0.3) is 0 Å². The number of nitrogens with one attached hydrogen (secondary N) is 3. The minimum Gasteiger partial charge on any atom is -0.483 e. The second-order valence-corrected chi connectivity index (χ2v) is 6.16. The van der Waals surface area contributed by atoms with Gasteiger partial charge in [0, 0.05) is 5.69 Å². The summed E-state index contributed by atoms with van der Waals surface area (Å²) in [5, 5.41) is 3.24. The Bertz CT molecular complexity index is 710. The normalized spacial score (nSPS) is 9.92. The number of carbonyl (C=O) groups is 1. The van der Waals surface area contributed by atoms with Crippen LogP contribution in [0.2, 0.25) is 0 Å². The fourth-order valence-corrected chi connectivity index (χ4v) is 2.58. The van der Waals surface area contributed by atoms with Gasteiger partial charge in [-0.15, -0.1) is 0 Å². The molecule has 0 saturated heterocycles. The van der Waals surface area contributed by atoms with Crippen molar-refractivity contribution in [3.05, 3.63) is 58.6 Å². The monoisotopic (exact) mass is 407 g/mol. The highest BCUT2D eigenvalue weighted by atomic mass is 79.9. The molecule has 0 bridgehead atoms. The van der Waals surface area contributed by atoms with Crippen molar-refractivity contribution in [3.8, 4) is 5.75 Å². The van der Waals surface area contributed by atoms with Gasteiger partial charge in [-0.3, -0.25) is 15.6 Å². The van der Waals surface area contributed by atoms with E-state index in [4.69, 9.17) is 17.0 Å². The van der Waals surface area contributed by atoms with Crippen molar-refractivity contribution in [2.45, 2.75) is 13.3 Å². The summed E-state index contributed by atoms with van der Waals surface area (Å²) in [6.45, 7) is 1.96. The van der Waals surface area contributed by atoms with Gasteiger partial charge in [-0.2, -0.15) is 0 Å². The summed E-state index contributed by atoms with van der Waals surface area (Å²) in [6.07, 6.45) is 0.940. The van der Waals surface area contributed by atoms with Crippen LogP contribution in [-0.2, 0) is 11.2 Å². The van der Waals surface area contributed by atoms with Gasteiger partial charge in [0.05, 0.1) is 4.47 Å². The first kappa shape index (κ1) is 18.2. The number of para-hydroxylation sites is 1. The van der Waals surface area contributed by atoms with Gasteiger partial charge >= 0.3 is 0 Å². The fraction of sp³-hybridized carbons (Fsp3) is 0.176. The number of benzene rings is 2. The number of anilines is 1. The highest BCUT2D eigenvalue weighted by Gasteiger charge is 2.07. The lowest BCUT2D eigenvalue weighted by Gasteiger charge is -2.12. The molecule has 0 spiro atoms. The number of hydrazine groups is 1. The lowest BCUT2D eigenvalue weighted by Crippen LogP contribution is -2.45. The summed E-state index contributed by atoms with van der Waals surface area (Å²) in [6, 6.07) is 15.2. The molecule has 24 heavy (non-hydrogen) atoms. The van der Waals surface area contributed by atoms with Crippen LogP contribution in [0.4, 0.5) is 5.69 Å². The zero-order valence-electron chi connectivity index (χ0n) is 13.1. The van der Waals surface area contributed by atoms with Crippen molar-refractivity contribution in [1.82, 2.24) is 10.9 Å². The number of rotatable bonds is 5. The number of aryl methyl sites for hydroxylation is 1. The predicted octanol–water partition coefficient (Wildman–Crippen LogP) is 3.41. The lowest BCUT2D eigenvalue weighted by molar-refractivity contribution is -0.123. The number of carbonyl (C=O) groups excluding carboxylic acids is 1. The number of ether oxygens (including phenoxy) is 1. The van der Waals surface area contributed by atoms with Crippen molar-refractivity contribution in [2.24, 2.45) is 0 Å². The molecule has 0 heterocycles. The van der Waals surface area contributed by atoms with Crippen molar-refractivity contribution in [2.75, 3.05) is 11.9 Å². The van der Waals surface area contributed by atoms with Crippen molar-refractivity contribution in [3.63, 3.8) is 0 Å². The number of halogens is 1. The molecule has 0 aliphatic carbocycles. The van der Waals surface area contributed by atoms with Crippen molar-refractivity contribution in [1.29, 1.82) is 0 Å². The van der Waals surface area contributed by atoms with Crippen LogP contribution in [0.15, 0.2) is 53.0 Å². The number of amides is 1. The van der Waals surface area contributed by atoms with Gasteiger partial charge in [-0.05, 0) is 64.4 Å². The lowest BCUT2D eigenvalue weighted by atomic mass is 10.2. The summed E-state index contributed by atoms with van der Waals surface area (Å²) >= 11 is 8.53. The molecule has 126 valence electrons. The molecule has 0 fully saturated rings. The smallest absolute Gasteiger partial charge is 0.276 e. The first-order valence-corrected chi connectivity index (χ1v) is 8.60. The molecule has 0 saturated carbocycles. The third-order valence-electron chi connectivity index (χ3n) is 3.11. The van der Waals surface area contributed by atoms with Gasteiger partial charge in [0.1, 0.15) is 5.75 Å². The summed E-state index contributed by atoms with van der Waals surface area (Å²) < 4.78 is 6.31. The Balaban J connectivity index is 1.74. The van der Waals surface area contributed by atoms with E-state index < -0.39 is 0 Å². The number of hydrogen-bond donors (Lipinski definition) is 3. The van der Waals surface area contributed by atoms with Crippen molar-refractivity contribution >= 4 is 44.9 Å². The molecule has 7 heteroatoms. The van der Waals surface area contributed by atoms with Crippen molar-refractivity contribution < 1.29 is 9.53 Å². The van der Waals surface area contributed by atoms with Crippen LogP contribution >= 0.6 is 28.1 Å². The molecule has 3 N–H and O–H groups in total. The standard InChI is InChI=1S/C17H18BrN3O2S/c1-2-12-8-9-15(14(18)10-12)23-11-16(22)20-21-17(24)19-13-6-4-3-5-7-13/h3-10H,2,11H2,1H3,(H,20,22)(H2,19,21,24). The van der Waals surface area contributed by atoms with Gasteiger partial charge in [0.25, 0.3) is 5.91 Å². The molecule has 1 amide bonds. The molecule has 2 aromatic carbocycles. The van der Waals surface area contributed by atoms with E-state index in [1.54, 1.807) is 0 Å². The van der Waals surface area contributed by atoms with Crippen LogP contribution in [0.3, 0.4) is 0 Å². The second kappa shape index (κ2) is 9.24. The van der Waals surface area contributed by atoms with E-state index in [0.717, 1.165) is 16.6 Å². The zero-order chi connectivity index (χ0) is 17.4. The average Bonchev–Trinajstić information content (AvgIpc) is 2.59. The quantitative estimate of drug-likeness (QED) is 0.523. The van der Waals surface area contributed by atoms with E-state index in [1.165, 1.54) is 5.56 Å². The predicted molar refractivity (Wildman–Crippen MR) is 103 cm³/mol. The number of hydrogen-bond acceptors (Lipinski definition) is 3. The van der Waals surface area contributed by atoms with Crippen LogP contribution in [-0.4, -0.2) is 17.6 Å². The molecular weight excluding hydrogens is 390 g/mol. The fourth-order valence-electron chi connectivity index (χ4n) is 1.87. The Hall–Kier alpha value is -2.12. The Morgan fingerprint density at radius 1 is 1.17 bits per heavy atom. The van der Waals surface area contributed by atoms with Gasteiger partial charge < -0.3 is 10.1 Å². The first-order chi connectivity index (χ1) is 11.6. The highest BCUT2D eigenvalue weighted by molar-refractivity contribution is 9.10. The first-order valence-electron chi connectivity index (χ1n) is 7.40. The molecule has 0 aliphatic rings. The molecule has 0 atom stereocenters. The largest absolute Gasteiger partial charge is 0.483 e. The van der Waals surface area contributed by atoms with Crippen LogP contribution in [0, 0.1) is 0 Å². The molecule has 0 aromatic heterocycles. The maximum absolute atomic E-state index is 11.8. The highest BCUT2D eigenvalue weighted by Crippen LogP contribution is 2.26. The Morgan fingerprint density at radius 2 is 1.92 bits per heavy atom. The SMILES string of the molecule is CCc1ccc(OCC(=O)NNC(=S)Nc2ccccc2)c(Br)c1. The van der Waals surface area contributed by atoms with E-state index in [-0.39, 0.29) is 12.5 Å². The molecular formula is C17H18BrN3O2S. The topological polar surface area (TPSA) is 62.4 Å².